The lowest BCUT2D eigenvalue weighted by atomic mass is 10.0. The molecule has 1 aliphatic carbocycles. The zero-order valence-corrected chi connectivity index (χ0v) is 17.8. The Labute approximate surface area is 185 Å². The van der Waals surface area contributed by atoms with E-state index in [0.717, 1.165) is 23.4 Å². The third kappa shape index (κ3) is 4.48. The molecule has 0 bridgehead atoms. The van der Waals surface area contributed by atoms with Gasteiger partial charge >= 0.3 is 0 Å². The van der Waals surface area contributed by atoms with Crippen molar-refractivity contribution in [3.05, 3.63) is 75.5 Å². The van der Waals surface area contributed by atoms with Crippen LogP contribution in [0.3, 0.4) is 0 Å². The van der Waals surface area contributed by atoms with Gasteiger partial charge in [0.15, 0.2) is 0 Å². The number of hydrogen-bond acceptors (Lipinski definition) is 4. The lowest BCUT2D eigenvalue weighted by Crippen LogP contribution is -2.60. The number of amides is 1. The molecule has 0 atom stereocenters. The number of rotatable bonds is 6. The highest BCUT2D eigenvalue weighted by molar-refractivity contribution is 5.95. The fourth-order valence-electron chi connectivity index (χ4n) is 3.95. The highest BCUT2D eigenvalue weighted by Gasteiger charge is 2.33. The van der Waals surface area contributed by atoms with Gasteiger partial charge in [0.1, 0.15) is 5.82 Å². The van der Waals surface area contributed by atoms with Gasteiger partial charge in [0.25, 0.3) is 11.5 Å². The molecule has 5 rings (SSSR count). The molecule has 1 amide bonds. The molecule has 31 heavy (non-hydrogen) atoms. The SMILES string of the molecule is Cl.O=C(c1cc(Cc2n[nH]c(=O)c3ccccc23)ccc1F)N1CC(NCC2CC2)C1. The molecule has 162 valence electrons. The monoisotopic (exact) mass is 442 g/mol. The van der Waals surface area contributed by atoms with Crippen LogP contribution in [0.15, 0.2) is 47.3 Å². The molecular formula is C23H24ClFN4O2. The number of hydrogen-bond donors (Lipinski definition) is 2. The average Bonchev–Trinajstić information content (AvgIpc) is 3.55. The fraction of sp³-hybridized carbons (Fsp3) is 0.348. The second kappa shape index (κ2) is 8.77. The molecule has 1 saturated carbocycles. The quantitative estimate of drug-likeness (QED) is 0.615. The van der Waals surface area contributed by atoms with Crippen molar-refractivity contribution in [1.29, 1.82) is 0 Å². The topological polar surface area (TPSA) is 78.1 Å². The van der Waals surface area contributed by atoms with Crippen LogP contribution in [0.25, 0.3) is 10.8 Å². The van der Waals surface area contributed by atoms with Crippen molar-refractivity contribution in [1.82, 2.24) is 20.4 Å². The number of aromatic nitrogens is 2. The number of benzene rings is 2. The Morgan fingerprint density at radius 2 is 1.90 bits per heavy atom. The molecule has 0 unspecified atom stereocenters. The predicted molar refractivity (Wildman–Crippen MR) is 119 cm³/mol. The molecule has 2 fully saturated rings. The summed E-state index contributed by atoms with van der Waals surface area (Å²) < 4.78 is 14.4. The number of nitrogens with zero attached hydrogens (tertiary/aromatic N) is 2. The van der Waals surface area contributed by atoms with Gasteiger partial charge in [-0.3, -0.25) is 9.59 Å². The van der Waals surface area contributed by atoms with Gasteiger partial charge in [-0.05, 0) is 49.1 Å². The van der Waals surface area contributed by atoms with Crippen LogP contribution in [0.5, 0.6) is 0 Å². The van der Waals surface area contributed by atoms with E-state index < -0.39 is 5.82 Å². The number of carbonyl (C=O) groups excluding carboxylic acids is 1. The third-order valence-electron chi connectivity index (χ3n) is 5.97. The summed E-state index contributed by atoms with van der Waals surface area (Å²) in [6.45, 7) is 2.24. The van der Waals surface area contributed by atoms with Gasteiger partial charge in [0.2, 0.25) is 0 Å². The summed E-state index contributed by atoms with van der Waals surface area (Å²) in [6, 6.07) is 12.1. The van der Waals surface area contributed by atoms with E-state index in [1.54, 1.807) is 29.2 Å². The lowest BCUT2D eigenvalue weighted by molar-refractivity contribution is 0.0562. The van der Waals surface area contributed by atoms with Crippen molar-refractivity contribution in [3.63, 3.8) is 0 Å². The van der Waals surface area contributed by atoms with E-state index in [1.807, 2.05) is 12.1 Å². The van der Waals surface area contributed by atoms with E-state index in [1.165, 1.54) is 18.9 Å². The molecule has 1 aromatic heterocycles. The molecule has 2 aromatic carbocycles. The van der Waals surface area contributed by atoms with Crippen LogP contribution >= 0.6 is 12.4 Å². The molecule has 6 nitrogen and oxygen atoms in total. The molecule has 1 aliphatic heterocycles. The Balaban J connectivity index is 0.00000231. The minimum absolute atomic E-state index is 0. The van der Waals surface area contributed by atoms with E-state index in [0.29, 0.717) is 36.6 Å². The van der Waals surface area contributed by atoms with Crippen LogP contribution in [-0.4, -0.2) is 46.7 Å². The fourth-order valence-corrected chi connectivity index (χ4v) is 3.95. The van der Waals surface area contributed by atoms with E-state index in [-0.39, 0.29) is 29.4 Å². The standard InChI is InChI=1S/C23H23FN4O2.ClH/c24-20-8-7-15(10-21-17-3-1-2-4-18(17)22(29)27-26-21)9-19(20)23(30)28-12-16(13-28)25-11-14-5-6-14;/h1-4,7-9,14,16,25H,5-6,10-13H2,(H,27,29);1H. The van der Waals surface area contributed by atoms with Crippen molar-refractivity contribution in [2.75, 3.05) is 19.6 Å². The maximum Gasteiger partial charge on any atom is 0.272 e. The van der Waals surface area contributed by atoms with Crippen LogP contribution in [-0.2, 0) is 6.42 Å². The van der Waals surface area contributed by atoms with Crippen LogP contribution in [0.2, 0.25) is 0 Å². The molecule has 0 spiro atoms. The normalized spacial score (nSPS) is 16.1. The van der Waals surface area contributed by atoms with E-state index in [2.05, 4.69) is 15.5 Å². The molecule has 2 N–H and O–H groups in total. The Hall–Kier alpha value is -2.77. The van der Waals surface area contributed by atoms with E-state index in [4.69, 9.17) is 0 Å². The van der Waals surface area contributed by atoms with Crippen LogP contribution < -0.4 is 10.9 Å². The molecule has 8 heteroatoms. The number of H-pyrrole nitrogens is 1. The Kier molecular flexibility index (Phi) is 6.07. The van der Waals surface area contributed by atoms with Crippen LogP contribution in [0, 0.1) is 11.7 Å². The van der Waals surface area contributed by atoms with Gasteiger partial charge in [0, 0.05) is 30.9 Å². The third-order valence-corrected chi connectivity index (χ3v) is 5.97. The molecule has 0 radical (unpaired) electrons. The van der Waals surface area contributed by atoms with E-state index in [9.17, 15) is 14.0 Å². The molecule has 3 aromatic rings. The van der Waals surface area contributed by atoms with Crippen LogP contribution in [0.1, 0.15) is 34.5 Å². The number of aromatic amines is 1. The number of carbonyl (C=O) groups is 1. The average molecular weight is 443 g/mol. The summed E-state index contributed by atoms with van der Waals surface area (Å²) in [5.74, 6) is -0.00275. The number of nitrogens with one attached hydrogen (secondary N) is 2. The summed E-state index contributed by atoms with van der Waals surface area (Å²) in [5, 5.41) is 11.5. The van der Waals surface area contributed by atoms with Crippen LogP contribution in [0.4, 0.5) is 4.39 Å². The highest BCUT2D eigenvalue weighted by atomic mass is 35.5. The van der Waals surface area contributed by atoms with Gasteiger partial charge < -0.3 is 10.2 Å². The number of halogens is 2. The number of likely N-dealkylation sites (tertiary alicyclic amines) is 1. The van der Waals surface area contributed by atoms with Crippen molar-refractivity contribution in [2.24, 2.45) is 5.92 Å². The number of fused-ring (bicyclic) bond motifs is 1. The minimum Gasteiger partial charge on any atom is -0.335 e. The van der Waals surface area contributed by atoms with Gasteiger partial charge in [-0.25, -0.2) is 9.49 Å². The summed E-state index contributed by atoms with van der Waals surface area (Å²) in [6.07, 6.45) is 2.98. The second-order valence-corrected chi connectivity index (χ2v) is 8.29. The first kappa shape index (κ1) is 21.5. The largest absolute Gasteiger partial charge is 0.335 e. The zero-order chi connectivity index (χ0) is 20.7. The van der Waals surface area contributed by atoms with Gasteiger partial charge in [-0.1, -0.05) is 24.3 Å². The summed E-state index contributed by atoms with van der Waals surface area (Å²) in [4.78, 5) is 26.5. The summed E-state index contributed by atoms with van der Waals surface area (Å²) in [7, 11) is 0. The maximum absolute atomic E-state index is 14.4. The van der Waals surface area contributed by atoms with E-state index >= 15 is 0 Å². The van der Waals surface area contributed by atoms with Crippen molar-refractivity contribution < 1.29 is 9.18 Å². The van der Waals surface area contributed by atoms with Crippen molar-refractivity contribution in [2.45, 2.75) is 25.3 Å². The molecular weight excluding hydrogens is 419 g/mol. The highest BCUT2D eigenvalue weighted by Crippen LogP contribution is 2.28. The Morgan fingerprint density at radius 1 is 1.16 bits per heavy atom. The first-order valence-corrected chi connectivity index (χ1v) is 10.4. The minimum atomic E-state index is -0.516. The molecule has 2 aliphatic rings. The lowest BCUT2D eigenvalue weighted by Gasteiger charge is -2.40. The smallest absolute Gasteiger partial charge is 0.272 e. The predicted octanol–water partition coefficient (Wildman–Crippen LogP) is 2.90. The van der Waals surface area contributed by atoms with Crippen molar-refractivity contribution >= 4 is 29.1 Å². The zero-order valence-electron chi connectivity index (χ0n) is 16.9. The Bertz CT molecular complexity index is 1170. The first-order valence-electron chi connectivity index (χ1n) is 10.4. The second-order valence-electron chi connectivity index (χ2n) is 8.29. The molecule has 2 heterocycles. The van der Waals surface area contributed by atoms with Gasteiger partial charge in [-0.2, -0.15) is 5.10 Å². The van der Waals surface area contributed by atoms with Gasteiger partial charge in [-0.15, -0.1) is 12.4 Å². The van der Waals surface area contributed by atoms with Crippen molar-refractivity contribution in [3.8, 4) is 0 Å². The Morgan fingerprint density at radius 3 is 2.65 bits per heavy atom. The molecule has 1 saturated heterocycles. The van der Waals surface area contributed by atoms with Gasteiger partial charge in [0.05, 0.1) is 16.6 Å². The first-order chi connectivity index (χ1) is 14.6. The summed E-state index contributed by atoms with van der Waals surface area (Å²) in [5.41, 5.74) is 1.30. The summed E-state index contributed by atoms with van der Waals surface area (Å²) >= 11 is 0. The maximum atomic E-state index is 14.4.